The summed E-state index contributed by atoms with van der Waals surface area (Å²) in [6, 6.07) is 1.95. The number of hydrogen-bond acceptors (Lipinski definition) is 5. The van der Waals surface area contributed by atoms with Gasteiger partial charge in [0.25, 0.3) is 5.91 Å². The number of aromatic nitrogens is 5. The smallest absolute Gasteiger partial charge is 0.272 e. The SMILES string of the molecule is Cn1cncc1C(=O)N1CCN(c2nccn3nccc23)CC1. The van der Waals surface area contributed by atoms with Gasteiger partial charge in [0.2, 0.25) is 0 Å². The summed E-state index contributed by atoms with van der Waals surface area (Å²) in [5.41, 5.74) is 1.60. The Hall–Kier alpha value is -2.90. The molecule has 1 amide bonds. The van der Waals surface area contributed by atoms with Crippen LogP contribution < -0.4 is 4.90 Å². The standard InChI is InChI=1S/C15H17N7O/c1-19-11-16-10-13(19)15(23)21-8-6-20(7-9-21)14-12-2-3-18-22(12)5-4-17-14/h2-5,10-11H,6-9H2,1H3. The molecule has 0 aromatic carbocycles. The minimum absolute atomic E-state index is 0.0279. The Morgan fingerprint density at radius 1 is 1.17 bits per heavy atom. The van der Waals surface area contributed by atoms with Crippen LogP contribution in [0.1, 0.15) is 10.5 Å². The number of imidazole rings is 1. The maximum atomic E-state index is 12.5. The second-order valence-electron chi connectivity index (χ2n) is 5.58. The lowest BCUT2D eigenvalue weighted by Crippen LogP contribution is -2.49. The Balaban J connectivity index is 1.50. The fraction of sp³-hybridized carbons (Fsp3) is 0.333. The number of carbonyl (C=O) groups is 1. The molecule has 0 saturated carbocycles. The minimum atomic E-state index is 0.0279. The molecule has 8 heteroatoms. The lowest BCUT2D eigenvalue weighted by molar-refractivity contribution is 0.0737. The molecule has 0 unspecified atom stereocenters. The molecular weight excluding hydrogens is 294 g/mol. The zero-order valence-corrected chi connectivity index (χ0v) is 12.8. The Labute approximate surface area is 133 Å². The Kier molecular flexibility index (Phi) is 3.22. The highest BCUT2D eigenvalue weighted by Crippen LogP contribution is 2.20. The minimum Gasteiger partial charge on any atom is -0.351 e. The van der Waals surface area contributed by atoms with E-state index in [1.807, 2.05) is 28.7 Å². The molecule has 118 valence electrons. The largest absolute Gasteiger partial charge is 0.351 e. The van der Waals surface area contributed by atoms with Gasteiger partial charge in [-0.15, -0.1) is 0 Å². The van der Waals surface area contributed by atoms with Crippen molar-refractivity contribution in [2.45, 2.75) is 0 Å². The lowest BCUT2D eigenvalue weighted by Gasteiger charge is -2.35. The van der Waals surface area contributed by atoms with E-state index in [4.69, 9.17) is 0 Å². The Morgan fingerprint density at radius 3 is 2.74 bits per heavy atom. The number of rotatable bonds is 2. The van der Waals surface area contributed by atoms with Gasteiger partial charge in [-0.2, -0.15) is 5.10 Å². The van der Waals surface area contributed by atoms with E-state index < -0.39 is 0 Å². The zero-order chi connectivity index (χ0) is 15.8. The van der Waals surface area contributed by atoms with E-state index >= 15 is 0 Å². The molecule has 1 aliphatic heterocycles. The van der Waals surface area contributed by atoms with E-state index in [-0.39, 0.29) is 5.91 Å². The summed E-state index contributed by atoms with van der Waals surface area (Å²) in [5.74, 6) is 0.942. The number of anilines is 1. The average Bonchev–Trinajstić information content (AvgIpc) is 3.22. The summed E-state index contributed by atoms with van der Waals surface area (Å²) in [6.45, 7) is 2.84. The van der Waals surface area contributed by atoms with Crippen LogP contribution in [0.25, 0.3) is 5.52 Å². The van der Waals surface area contributed by atoms with Crippen LogP contribution in [0, 0.1) is 0 Å². The number of aryl methyl sites for hydroxylation is 1. The predicted octanol–water partition coefficient (Wildman–Crippen LogP) is 0.425. The summed E-state index contributed by atoms with van der Waals surface area (Å²) in [7, 11) is 1.83. The molecule has 0 radical (unpaired) electrons. The zero-order valence-electron chi connectivity index (χ0n) is 12.8. The van der Waals surface area contributed by atoms with Gasteiger partial charge in [-0.3, -0.25) is 4.79 Å². The van der Waals surface area contributed by atoms with Crippen LogP contribution in [0.3, 0.4) is 0 Å². The lowest BCUT2D eigenvalue weighted by atomic mass is 10.2. The maximum Gasteiger partial charge on any atom is 0.272 e. The average molecular weight is 311 g/mol. The van der Waals surface area contributed by atoms with E-state index in [2.05, 4.69) is 20.0 Å². The number of hydrogen-bond donors (Lipinski definition) is 0. The number of nitrogens with zero attached hydrogens (tertiary/aromatic N) is 7. The molecule has 4 rings (SSSR count). The van der Waals surface area contributed by atoms with Gasteiger partial charge < -0.3 is 14.4 Å². The molecule has 0 spiro atoms. The van der Waals surface area contributed by atoms with Crippen molar-refractivity contribution in [1.29, 1.82) is 0 Å². The molecule has 1 saturated heterocycles. The van der Waals surface area contributed by atoms with Crippen molar-refractivity contribution in [3.8, 4) is 0 Å². The van der Waals surface area contributed by atoms with Gasteiger partial charge in [-0.1, -0.05) is 0 Å². The topological polar surface area (TPSA) is 71.6 Å². The molecule has 3 aromatic rings. The van der Waals surface area contributed by atoms with Crippen molar-refractivity contribution in [1.82, 2.24) is 29.0 Å². The number of piperazine rings is 1. The van der Waals surface area contributed by atoms with Crippen molar-refractivity contribution in [3.05, 3.63) is 42.9 Å². The summed E-state index contributed by atoms with van der Waals surface area (Å²) in [5, 5.41) is 4.24. The van der Waals surface area contributed by atoms with Crippen LogP contribution in [0.4, 0.5) is 5.82 Å². The third kappa shape index (κ3) is 2.32. The molecule has 1 aliphatic rings. The normalized spacial score (nSPS) is 15.3. The van der Waals surface area contributed by atoms with E-state index in [0.29, 0.717) is 18.8 Å². The second kappa shape index (κ2) is 5.38. The van der Waals surface area contributed by atoms with Crippen LogP contribution in [0.2, 0.25) is 0 Å². The molecule has 0 atom stereocenters. The van der Waals surface area contributed by atoms with Gasteiger partial charge in [0.1, 0.15) is 11.2 Å². The van der Waals surface area contributed by atoms with Crippen molar-refractivity contribution in [2.75, 3.05) is 31.1 Å². The van der Waals surface area contributed by atoms with E-state index in [1.165, 1.54) is 0 Å². The predicted molar refractivity (Wildman–Crippen MR) is 84.3 cm³/mol. The first-order valence-electron chi connectivity index (χ1n) is 7.53. The van der Waals surface area contributed by atoms with E-state index in [0.717, 1.165) is 24.4 Å². The van der Waals surface area contributed by atoms with Crippen LogP contribution in [0.5, 0.6) is 0 Å². The van der Waals surface area contributed by atoms with Gasteiger partial charge in [0.05, 0.1) is 18.7 Å². The quantitative estimate of drug-likeness (QED) is 0.686. The molecule has 8 nitrogen and oxygen atoms in total. The van der Waals surface area contributed by atoms with Crippen LogP contribution >= 0.6 is 0 Å². The Morgan fingerprint density at radius 2 is 2.00 bits per heavy atom. The molecule has 0 bridgehead atoms. The summed E-state index contributed by atoms with van der Waals surface area (Å²) < 4.78 is 3.57. The van der Waals surface area contributed by atoms with Gasteiger partial charge in [0, 0.05) is 45.6 Å². The molecule has 0 N–H and O–H groups in total. The highest BCUT2D eigenvalue weighted by molar-refractivity contribution is 5.92. The van der Waals surface area contributed by atoms with Crippen molar-refractivity contribution in [2.24, 2.45) is 7.05 Å². The van der Waals surface area contributed by atoms with Gasteiger partial charge in [0.15, 0.2) is 5.82 Å². The molecule has 1 fully saturated rings. The van der Waals surface area contributed by atoms with Crippen molar-refractivity contribution in [3.63, 3.8) is 0 Å². The fourth-order valence-corrected chi connectivity index (χ4v) is 2.93. The molecule has 0 aliphatic carbocycles. The number of amides is 1. The van der Waals surface area contributed by atoms with Crippen LogP contribution in [0.15, 0.2) is 37.2 Å². The summed E-state index contributed by atoms with van der Waals surface area (Å²) in [6.07, 6.45) is 8.61. The fourth-order valence-electron chi connectivity index (χ4n) is 2.93. The molecule has 23 heavy (non-hydrogen) atoms. The third-order valence-electron chi connectivity index (χ3n) is 4.21. The first-order chi connectivity index (χ1) is 11.2. The maximum absolute atomic E-state index is 12.5. The van der Waals surface area contributed by atoms with Crippen LogP contribution in [-0.4, -0.2) is 61.1 Å². The number of fused-ring (bicyclic) bond motifs is 1. The highest BCUT2D eigenvalue weighted by atomic mass is 16.2. The third-order valence-corrected chi connectivity index (χ3v) is 4.21. The summed E-state index contributed by atoms with van der Waals surface area (Å²) >= 11 is 0. The van der Waals surface area contributed by atoms with Crippen molar-refractivity contribution >= 4 is 17.2 Å². The van der Waals surface area contributed by atoms with Crippen LogP contribution in [-0.2, 0) is 7.05 Å². The first-order valence-corrected chi connectivity index (χ1v) is 7.53. The number of carbonyl (C=O) groups excluding carboxylic acids is 1. The highest BCUT2D eigenvalue weighted by Gasteiger charge is 2.25. The molecule has 4 heterocycles. The van der Waals surface area contributed by atoms with Gasteiger partial charge in [-0.25, -0.2) is 14.5 Å². The van der Waals surface area contributed by atoms with Gasteiger partial charge in [-0.05, 0) is 6.07 Å². The monoisotopic (exact) mass is 311 g/mol. The van der Waals surface area contributed by atoms with E-state index in [9.17, 15) is 4.79 Å². The summed E-state index contributed by atoms with van der Waals surface area (Å²) in [4.78, 5) is 25.1. The first kappa shape index (κ1) is 13.7. The van der Waals surface area contributed by atoms with E-state index in [1.54, 1.807) is 29.5 Å². The van der Waals surface area contributed by atoms with Gasteiger partial charge >= 0.3 is 0 Å². The molecular formula is C15H17N7O. The molecule has 3 aromatic heterocycles. The Bertz CT molecular complexity index is 844. The second-order valence-corrected chi connectivity index (χ2v) is 5.58. The van der Waals surface area contributed by atoms with Crippen molar-refractivity contribution < 1.29 is 4.79 Å².